The molecular weight excluding hydrogens is 464 g/mol. The molecule has 4 rings (SSSR count). The highest BCUT2D eigenvalue weighted by atomic mass is 79.9. The van der Waals surface area contributed by atoms with E-state index in [0.717, 1.165) is 27.5 Å². The molecule has 0 radical (unpaired) electrons. The Morgan fingerprint density at radius 1 is 1.03 bits per heavy atom. The lowest BCUT2D eigenvalue weighted by molar-refractivity contribution is 0.154. The largest absolute Gasteiger partial charge is 0.383 e. The third kappa shape index (κ3) is 4.40. The van der Waals surface area contributed by atoms with Crippen molar-refractivity contribution in [3.05, 3.63) is 99.1 Å². The summed E-state index contributed by atoms with van der Waals surface area (Å²) in [7, 11) is 1.71. The maximum absolute atomic E-state index is 9.21. The number of halogens is 1. The lowest BCUT2D eigenvalue weighted by Crippen LogP contribution is -2.31. The number of aromatic nitrogens is 2. The summed E-state index contributed by atoms with van der Waals surface area (Å²) in [5.74, 6) is 0. The molecule has 3 aromatic carbocycles. The number of nitrogens with one attached hydrogen (secondary N) is 1. The molecule has 0 aliphatic carbocycles. The number of hydrogen-bond acceptors (Lipinski definition) is 3. The molecule has 0 amide bonds. The fraction of sp³-hybridized carbons (Fsp3) is 0.231. The number of rotatable bonds is 7. The monoisotopic (exact) mass is 488 g/mol. The molecule has 1 heterocycles. The van der Waals surface area contributed by atoms with Crippen LogP contribution < -0.4 is 5.62 Å². The summed E-state index contributed by atoms with van der Waals surface area (Å²) in [6, 6.07) is 24.6. The molecule has 0 fully saturated rings. The Morgan fingerprint density at radius 2 is 1.72 bits per heavy atom. The number of methoxy groups -OCH3 is 1. The molecule has 0 aliphatic heterocycles. The van der Waals surface area contributed by atoms with E-state index in [1.165, 1.54) is 11.1 Å². The Morgan fingerprint density at radius 3 is 2.38 bits per heavy atom. The van der Waals surface area contributed by atoms with Crippen molar-refractivity contribution in [2.24, 2.45) is 0 Å². The zero-order chi connectivity index (χ0) is 22.7. The van der Waals surface area contributed by atoms with E-state index in [4.69, 9.17) is 10.1 Å². The average Bonchev–Trinajstić information content (AvgIpc) is 3.06. The molecular formula is C26H25BrN4O. The van der Waals surface area contributed by atoms with Gasteiger partial charge in [-0.05, 0) is 64.7 Å². The van der Waals surface area contributed by atoms with Gasteiger partial charge in [0.15, 0.2) is 0 Å². The zero-order valence-corrected chi connectivity index (χ0v) is 19.8. The second kappa shape index (κ2) is 9.56. The maximum Gasteiger partial charge on any atom is 0.203 e. The number of aryl methyl sites for hydroxylation is 1. The maximum atomic E-state index is 9.21. The minimum absolute atomic E-state index is 0.00550. The Labute approximate surface area is 196 Å². The summed E-state index contributed by atoms with van der Waals surface area (Å²) < 4.78 is 10.4. The molecule has 5 nitrogen and oxygen atoms in total. The molecule has 0 bridgehead atoms. The summed E-state index contributed by atoms with van der Waals surface area (Å²) in [6.07, 6.45) is 0.779. The van der Waals surface area contributed by atoms with E-state index in [-0.39, 0.29) is 6.04 Å². The van der Waals surface area contributed by atoms with Crippen LogP contribution in [0.15, 0.2) is 71.2 Å². The quantitative estimate of drug-likeness (QED) is 0.381. The summed E-state index contributed by atoms with van der Waals surface area (Å²) in [6.45, 7) is 3.14. The highest BCUT2D eigenvalue weighted by Crippen LogP contribution is 2.23. The van der Waals surface area contributed by atoms with Gasteiger partial charge in [0.05, 0.1) is 35.8 Å². The second-order valence-electron chi connectivity index (χ2n) is 7.99. The Balaban J connectivity index is 1.78. The van der Waals surface area contributed by atoms with E-state index >= 15 is 0 Å². The van der Waals surface area contributed by atoms with Gasteiger partial charge in [-0.1, -0.05) is 48.0 Å². The summed E-state index contributed by atoms with van der Waals surface area (Å²) in [5.41, 5.74) is 6.53. The first-order valence-electron chi connectivity index (χ1n) is 10.5. The van der Waals surface area contributed by atoms with Crippen LogP contribution in [0.5, 0.6) is 0 Å². The summed E-state index contributed by atoms with van der Waals surface area (Å²) in [4.78, 5) is 0. The standard InChI is InChI=1S/C26H25BrN4O/c1-18-7-9-19(10-8-18)13-22(17-32-2)31-25-6-4-3-5-24(25)30(26(31)29)16-20-11-12-21(15-28)23(27)14-20/h3-12,14,22,29H,13,16-17H2,1-2H3/t22-/m0/s1. The molecule has 1 N–H and O–H groups in total. The van der Waals surface area contributed by atoms with Crippen LogP contribution in [0.1, 0.15) is 28.3 Å². The van der Waals surface area contributed by atoms with Crippen molar-refractivity contribution in [1.29, 1.82) is 10.7 Å². The van der Waals surface area contributed by atoms with Gasteiger partial charge >= 0.3 is 0 Å². The average molecular weight is 489 g/mol. The van der Waals surface area contributed by atoms with Gasteiger partial charge < -0.3 is 13.9 Å². The van der Waals surface area contributed by atoms with Crippen molar-refractivity contribution in [2.75, 3.05) is 13.7 Å². The minimum Gasteiger partial charge on any atom is -0.383 e. The van der Waals surface area contributed by atoms with Crippen molar-refractivity contribution in [3.8, 4) is 6.07 Å². The fourth-order valence-electron chi connectivity index (χ4n) is 4.13. The first kappa shape index (κ1) is 22.1. The minimum atomic E-state index is -0.00550. The van der Waals surface area contributed by atoms with Gasteiger partial charge in [-0.3, -0.25) is 5.41 Å². The number of imidazole rings is 1. The third-order valence-electron chi connectivity index (χ3n) is 5.73. The van der Waals surface area contributed by atoms with Crippen LogP contribution >= 0.6 is 15.9 Å². The van der Waals surface area contributed by atoms with Gasteiger partial charge in [0.25, 0.3) is 0 Å². The first-order chi connectivity index (χ1) is 15.5. The van der Waals surface area contributed by atoms with Gasteiger partial charge in [-0.15, -0.1) is 0 Å². The third-order valence-corrected chi connectivity index (χ3v) is 6.38. The van der Waals surface area contributed by atoms with Crippen LogP contribution in [-0.2, 0) is 17.7 Å². The highest BCUT2D eigenvalue weighted by Gasteiger charge is 2.19. The van der Waals surface area contributed by atoms with E-state index in [0.29, 0.717) is 24.3 Å². The predicted molar refractivity (Wildman–Crippen MR) is 130 cm³/mol. The van der Waals surface area contributed by atoms with E-state index < -0.39 is 0 Å². The predicted octanol–water partition coefficient (Wildman–Crippen LogP) is 5.34. The molecule has 4 aromatic rings. The van der Waals surface area contributed by atoms with Crippen LogP contribution in [0, 0.1) is 23.7 Å². The summed E-state index contributed by atoms with van der Waals surface area (Å²) in [5, 5.41) is 18.3. The molecule has 0 unspecified atom stereocenters. The van der Waals surface area contributed by atoms with Gasteiger partial charge in [-0.2, -0.15) is 5.26 Å². The van der Waals surface area contributed by atoms with Gasteiger partial charge in [0.2, 0.25) is 5.62 Å². The highest BCUT2D eigenvalue weighted by molar-refractivity contribution is 9.10. The fourth-order valence-corrected chi connectivity index (χ4v) is 4.64. The number of nitrogens with zero attached hydrogens (tertiary/aromatic N) is 3. The van der Waals surface area contributed by atoms with E-state index in [1.54, 1.807) is 7.11 Å². The second-order valence-corrected chi connectivity index (χ2v) is 8.85. The number of hydrogen-bond donors (Lipinski definition) is 1. The van der Waals surface area contributed by atoms with Crippen molar-refractivity contribution in [2.45, 2.75) is 25.9 Å². The van der Waals surface area contributed by atoms with E-state index in [1.807, 2.05) is 34.9 Å². The van der Waals surface area contributed by atoms with Crippen molar-refractivity contribution < 1.29 is 4.74 Å². The van der Waals surface area contributed by atoms with Crippen molar-refractivity contribution >= 4 is 27.0 Å². The van der Waals surface area contributed by atoms with Gasteiger partial charge in [-0.25, -0.2) is 0 Å². The smallest absolute Gasteiger partial charge is 0.203 e. The van der Waals surface area contributed by atoms with Gasteiger partial charge in [0, 0.05) is 11.6 Å². The molecule has 1 aromatic heterocycles. The molecule has 0 spiro atoms. The molecule has 32 heavy (non-hydrogen) atoms. The van der Waals surface area contributed by atoms with Crippen molar-refractivity contribution in [3.63, 3.8) is 0 Å². The molecule has 162 valence electrons. The molecule has 6 heteroatoms. The lowest BCUT2D eigenvalue weighted by Gasteiger charge is -2.19. The van der Waals surface area contributed by atoms with Crippen LogP contribution in [-0.4, -0.2) is 22.9 Å². The molecule has 0 saturated heterocycles. The van der Waals surface area contributed by atoms with E-state index in [2.05, 4.69) is 69.9 Å². The van der Waals surface area contributed by atoms with E-state index in [9.17, 15) is 5.26 Å². The van der Waals surface area contributed by atoms with Crippen LogP contribution in [0.4, 0.5) is 0 Å². The number of nitriles is 1. The normalized spacial score (nSPS) is 12.1. The number of para-hydroxylation sites is 2. The Hall–Kier alpha value is -3.14. The topological polar surface area (TPSA) is 66.7 Å². The molecule has 1 atom stereocenters. The SMILES string of the molecule is COC[C@H](Cc1ccc(C)cc1)n1c(=N)n(Cc2ccc(C#N)c(Br)c2)c2ccccc21. The summed E-state index contributed by atoms with van der Waals surface area (Å²) >= 11 is 3.48. The number of ether oxygens (including phenoxy) is 1. The first-order valence-corrected chi connectivity index (χ1v) is 11.3. The Bertz CT molecular complexity index is 1350. The lowest BCUT2D eigenvalue weighted by atomic mass is 10.0. The van der Waals surface area contributed by atoms with Crippen LogP contribution in [0.25, 0.3) is 11.0 Å². The Kier molecular flexibility index (Phi) is 6.59. The number of benzene rings is 3. The number of fused-ring (bicyclic) bond motifs is 1. The van der Waals surface area contributed by atoms with Crippen LogP contribution in [0.3, 0.4) is 0 Å². The zero-order valence-electron chi connectivity index (χ0n) is 18.2. The molecule has 0 saturated carbocycles. The van der Waals surface area contributed by atoms with Crippen molar-refractivity contribution in [1.82, 2.24) is 9.13 Å². The molecule has 0 aliphatic rings. The van der Waals surface area contributed by atoms with Gasteiger partial charge in [0.1, 0.15) is 6.07 Å². The van der Waals surface area contributed by atoms with Crippen LogP contribution in [0.2, 0.25) is 0 Å².